The monoisotopic (exact) mass is 199 g/mol. The number of hydrogen-bond donors (Lipinski definition) is 2. The molecular formula is C11H21NO2. The van der Waals surface area contributed by atoms with E-state index < -0.39 is 0 Å². The van der Waals surface area contributed by atoms with Crippen LogP contribution in [0.5, 0.6) is 0 Å². The van der Waals surface area contributed by atoms with Crippen LogP contribution in [-0.2, 0) is 4.74 Å². The molecule has 14 heavy (non-hydrogen) atoms. The molecule has 2 N–H and O–H groups in total. The summed E-state index contributed by atoms with van der Waals surface area (Å²) < 4.78 is 5.56. The zero-order valence-electron chi connectivity index (χ0n) is 8.74. The van der Waals surface area contributed by atoms with Crippen molar-refractivity contribution in [3.8, 4) is 0 Å². The maximum atomic E-state index is 9.16. The molecule has 3 atom stereocenters. The zero-order chi connectivity index (χ0) is 9.80. The summed E-state index contributed by atoms with van der Waals surface area (Å²) in [4.78, 5) is 0. The van der Waals surface area contributed by atoms with E-state index in [9.17, 15) is 0 Å². The normalized spacial score (nSPS) is 37.9. The lowest BCUT2D eigenvalue weighted by Gasteiger charge is -2.21. The predicted molar refractivity (Wildman–Crippen MR) is 55.2 cm³/mol. The third kappa shape index (κ3) is 2.47. The topological polar surface area (TPSA) is 41.5 Å². The molecule has 1 saturated heterocycles. The van der Waals surface area contributed by atoms with Gasteiger partial charge in [0.2, 0.25) is 0 Å². The first-order valence-corrected chi connectivity index (χ1v) is 5.86. The van der Waals surface area contributed by atoms with E-state index in [1.54, 1.807) is 0 Å². The molecule has 0 aromatic rings. The maximum Gasteiger partial charge on any atom is 0.0700 e. The Bertz CT molecular complexity index is 169. The van der Waals surface area contributed by atoms with E-state index in [4.69, 9.17) is 9.84 Å². The number of aliphatic hydroxyl groups excluding tert-OH is 1. The summed E-state index contributed by atoms with van der Waals surface area (Å²) in [6.07, 6.45) is 6.49. The highest BCUT2D eigenvalue weighted by atomic mass is 16.5. The van der Waals surface area contributed by atoms with Crippen LogP contribution in [0.3, 0.4) is 0 Å². The lowest BCUT2D eigenvalue weighted by Crippen LogP contribution is -2.38. The van der Waals surface area contributed by atoms with Gasteiger partial charge in [-0.25, -0.2) is 0 Å². The molecule has 0 aromatic heterocycles. The first kappa shape index (κ1) is 10.4. The van der Waals surface area contributed by atoms with Crippen LogP contribution in [0, 0.1) is 5.92 Å². The van der Waals surface area contributed by atoms with Crippen LogP contribution in [0.2, 0.25) is 0 Å². The average Bonchev–Trinajstić information content (AvgIpc) is 2.85. The highest BCUT2D eigenvalue weighted by Crippen LogP contribution is 2.25. The summed E-state index contributed by atoms with van der Waals surface area (Å²) >= 11 is 0. The third-order valence-electron chi connectivity index (χ3n) is 3.53. The molecule has 0 aromatic carbocycles. The maximum absolute atomic E-state index is 9.16. The van der Waals surface area contributed by atoms with Gasteiger partial charge in [0.1, 0.15) is 0 Å². The Morgan fingerprint density at radius 3 is 2.86 bits per heavy atom. The second kappa shape index (κ2) is 5.10. The summed E-state index contributed by atoms with van der Waals surface area (Å²) in [5.74, 6) is 0.483. The molecule has 0 spiro atoms. The fourth-order valence-electron chi connectivity index (χ4n) is 2.61. The van der Waals surface area contributed by atoms with Crippen LogP contribution < -0.4 is 5.32 Å². The largest absolute Gasteiger partial charge is 0.396 e. The van der Waals surface area contributed by atoms with Crippen LogP contribution in [0.25, 0.3) is 0 Å². The Hall–Kier alpha value is -0.120. The Kier molecular flexibility index (Phi) is 3.79. The number of ether oxygens (including phenoxy) is 1. The van der Waals surface area contributed by atoms with Gasteiger partial charge in [-0.2, -0.15) is 0 Å². The highest BCUT2D eigenvalue weighted by molar-refractivity contribution is 4.83. The molecule has 1 aliphatic heterocycles. The quantitative estimate of drug-likeness (QED) is 0.707. The van der Waals surface area contributed by atoms with Gasteiger partial charge in [-0.05, 0) is 31.6 Å². The number of rotatable bonds is 4. The van der Waals surface area contributed by atoms with Gasteiger partial charge in [-0.3, -0.25) is 0 Å². The van der Waals surface area contributed by atoms with Crippen LogP contribution in [0.1, 0.15) is 32.1 Å². The lowest BCUT2D eigenvalue weighted by atomic mass is 10.0. The van der Waals surface area contributed by atoms with E-state index >= 15 is 0 Å². The van der Waals surface area contributed by atoms with E-state index in [2.05, 4.69) is 5.32 Å². The molecule has 1 aliphatic carbocycles. The van der Waals surface area contributed by atoms with Crippen molar-refractivity contribution in [2.24, 2.45) is 5.92 Å². The van der Waals surface area contributed by atoms with E-state index in [0.717, 1.165) is 13.2 Å². The van der Waals surface area contributed by atoms with Crippen molar-refractivity contribution >= 4 is 0 Å². The Labute approximate surface area is 85.8 Å². The van der Waals surface area contributed by atoms with Crippen LogP contribution in [0.15, 0.2) is 0 Å². The molecule has 0 amide bonds. The minimum Gasteiger partial charge on any atom is -0.396 e. The predicted octanol–water partition coefficient (Wildman–Crippen LogP) is 0.916. The minimum atomic E-state index is 0.336. The van der Waals surface area contributed by atoms with Crippen molar-refractivity contribution in [2.45, 2.75) is 44.2 Å². The summed E-state index contributed by atoms with van der Waals surface area (Å²) in [6.45, 7) is 2.24. The second-order valence-electron chi connectivity index (χ2n) is 4.52. The molecule has 3 nitrogen and oxygen atoms in total. The number of nitrogens with one attached hydrogen (secondary N) is 1. The molecule has 3 unspecified atom stereocenters. The first-order valence-electron chi connectivity index (χ1n) is 5.86. The first-order chi connectivity index (χ1) is 6.90. The van der Waals surface area contributed by atoms with Crippen molar-refractivity contribution in [3.05, 3.63) is 0 Å². The van der Waals surface area contributed by atoms with Gasteiger partial charge in [0, 0.05) is 25.8 Å². The molecule has 0 radical (unpaired) electrons. The fraction of sp³-hybridized carbons (Fsp3) is 1.00. The van der Waals surface area contributed by atoms with Gasteiger partial charge in [0.05, 0.1) is 6.10 Å². The van der Waals surface area contributed by atoms with Gasteiger partial charge < -0.3 is 15.2 Å². The molecule has 2 fully saturated rings. The number of aliphatic hydroxyl groups is 1. The van der Waals surface area contributed by atoms with Crippen molar-refractivity contribution in [1.82, 2.24) is 5.32 Å². The molecule has 1 saturated carbocycles. The highest BCUT2D eigenvalue weighted by Gasteiger charge is 2.27. The molecule has 1 heterocycles. The van der Waals surface area contributed by atoms with Gasteiger partial charge in [-0.1, -0.05) is 6.42 Å². The zero-order valence-corrected chi connectivity index (χ0v) is 8.74. The van der Waals surface area contributed by atoms with E-state index in [-0.39, 0.29) is 0 Å². The SMILES string of the molecule is OCC1CCCC1NCC1CCCO1. The van der Waals surface area contributed by atoms with Gasteiger partial charge in [0.15, 0.2) is 0 Å². The Morgan fingerprint density at radius 2 is 2.14 bits per heavy atom. The summed E-state index contributed by atoms with van der Waals surface area (Å²) in [5, 5.41) is 12.7. The molecule has 3 heteroatoms. The second-order valence-corrected chi connectivity index (χ2v) is 4.52. The van der Waals surface area contributed by atoms with Gasteiger partial charge in [-0.15, -0.1) is 0 Å². The molecule has 2 aliphatic rings. The molecule has 0 bridgehead atoms. The average molecular weight is 199 g/mol. The summed E-state index contributed by atoms with van der Waals surface area (Å²) in [7, 11) is 0. The van der Waals surface area contributed by atoms with E-state index in [1.807, 2.05) is 0 Å². The van der Waals surface area contributed by atoms with Crippen molar-refractivity contribution in [1.29, 1.82) is 0 Å². The van der Waals surface area contributed by atoms with Crippen molar-refractivity contribution in [3.63, 3.8) is 0 Å². The van der Waals surface area contributed by atoms with Crippen molar-refractivity contribution < 1.29 is 9.84 Å². The van der Waals surface area contributed by atoms with Crippen LogP contribution >= 0.6 is 0 Å². The van der Waals surface area contributed by atoms with Crippen LogP contribution in [0.4, 0.5) is 0 Å². The molecule has 2 rings (SSSR count). The Balaban J connectivity index is 1.68. The van der Waals surface area contributed by atoms with Gasteiger partial charge >= 0.3 is 0 Å². The van der Waals surface area contributed by atoms with Crippen molar-refractivity contribution in [2.75, 3.05) is 19.8 Å². The minimum absolute atomic E-state index is 0.336. The summed E-state index contributed by atoms with van der Waals surface area (Å²) in [5.41, 5.74) is 0. The fourth-order valence-corrected chi connectivity index (χ4v) is 2.61. The Morgan fingerprint density at radius 1 is 1.21 bits per heavy atom. The standard InChI is InChI=1S/C11H21NO2/c13-8-9-3-1-5-11(9)12-7-10-4-2-6-14-10/h9-13H,1-8H2. The molecular weight excluding hydrogens is 178 g/mol. The van der Waals surface area contributed by atoms with Gasteiger partial charge in [0.25, 0.3) is 0 Å². The lowest BCUT2D eigenvalue weighted by molar-refractivity contribution is 0.103. The molecule has 82 valence electrons. The third-order valence-corrected chi connectivity index (χ3v) is 3.53. The smallest absolute Gasteiger partial charge is 0.0700 e. The van der Waals surface area contributed by atoms with E-state index in [1.165, 1.54) is 32.1 Å². The van der Waals surface area contributed by atoms with E-state index in [0.29, 0.717) is 24.7 Å². The summed E-state index contributed by atoms with van der Waals surface area (Å²) in [6, 6.07) is 0.532. The van der Waals surface area contributed by atoms with Crippen LogP contribution in [-0.4, -0.2) is 37.0 Å². The number of hydrogen-bond acceptors (Lipinski definition) is 3.